The monoisotopic (exact) mass is 275 g/mol. The van der Waals surface area contributed by atoms with Crippen LogP contribution in [0.1, 0.15) is 50.4 Å². The van der Waals surface area contributed by atoms with Crippen molar-refractivity contribution in [3.8, 4) is 5.75 Å². The quantitative estimate of drug-likeness (QED) is 0.842. The lowest BCUT2D eigenvalue weighted by molar-refractivity contribution is -0.0243. The van der Waals surface area contributed by atoms with Crippen LogP contribution in [0.25, 0.3) is 0 Å². The van der Waals surface area contributed by atoms with Gasteiger partial charge in [0, 0.05) is 11.6 Å². The Morgan fingerprint density at radius 2 is 2.15 bits per heavy atom. The molecule has 0 spiro atoms. The van der Waals surface area contributed by atoms with Crippen LogP contribution in [-0.4, -0.2) is 22.2 Å². The highest BCUT2D eigenvalue weighted by Gasteiger charge is 2.62. The first kappa shape index (κ1) is 13.4. The van der Waals surface area contributed by atoms with Crippen LogP contribution in [0, 0.1) is 16.7 Å². The summed E-state index contributed by atoms with van der Waals surface area (Å²) in [5, 5.41) is 9.39. The maximum absolute atomic E-state index is 12.2. The molecule has 1 heterocycles. The first-order valence-corrected chi connectivity index (χ1v) is 7.19. The molecule has 0 radical (unpaired) electrons. The molecule has 108 valence electrons. The van der Waals surface area contributed by atoms with Crippen molar-refractivity contribution in [1.29, 1.82) is 0 Å². The molecular weight excluding hydrogens is 254 g/mol. The zero-order chi connectivity index (χ0) is 14.5. The maximum Gasteiger partial charge on any atom is 0.340 e. The molecule has 3 atom stereocenters. The van der Waals surface area contributed by atoms with E-state index in [-0.39, 0.29) is 28.7 Å². The second-order valence-electron chi connectivity index (χ2n) is 6.94. The summed E-state index contributed by atoms with van der Waals surface area (Å²) in [4.78, 5) is 16.0. The number of carbonyl (C=O) groups is 1. The van der Waals surface area contributed by atoms with Crippen LogP contribution in [0.15, 0.2) is 18.5 Å². The minimum atomic E-state index is -0.386. The van der Waals surface area contributed by atoms with Crippen LogP contribution < -0.4 is 0 Å². The topological polar surface area (TPSA) is 59.4 Å². The number of hydrogen-bond acceptors (Lipinski definition) is 4. The Hall–Kier alpha value is -1.58. The summed E-state index contributed by atoms with van der Waals surface area (Å²) in [5.41, 5.74) is 0.584. The smallest absolute Gasteiger partial charge is 0.340 e. The molecule has 0 aromatic carbocycles. The fraction of sp³-hybridized carbons (Fsp3) is 0.625. The number of carbonyl (C=O) groups excluding carboxylic acids is 1. The highest BCUT2D eigenvalue weighted by Crippen LogP contribution is 2.66. The summed E-state index contributed by atoms with van der Waals surface area (Å²) in [5.74, 6) is 0.231. The molecule has 1 N–H and O–H groups in total. The third-order valence-electron chi connectivity index (χ3n) is 5.92. The Labute approximate surface area is 119 Å². The molecule has 1 aromatic heterocycles. The molecule has 0 aliphatic heterocycles. The second-order valence-corrected chi connectivity index (χ2v) is 6.94. The minimum Gasteiger partial charge on any atom is -0.506 e. The molecule has 20 heavy (non-hydrogen) atoms. The number of fused-ring (bicyclic) bond motifs is 2. The molecule has 4 nitrogen and oxygen atoms in total. The van der Waals surface area contributed by atoms with E-state index in [1.165, 1.54) is 24.9 Å². The predicted octanol–water partition coefficient (Wildman–Crippen LogP) is 3.16. The van der Waals surface area contributed by atoms with Crippen molar-refractivity contribution in [2.75, 3.05) is 0 Å². The molecule has 2 bridgehead atoms. The van der Waals surface area contributed by atoms with Crippen LogP contribution in [0.4, 0.5) is 0 Å². The molecule has 2 aliphatic rings. The molecule has 4 heteroatoms. The van der Waals surface area contributed by atoms with Gasteiger partial charge in [0.2, 0.25) is 0 Å². The average Bonchev–Trinajstić information content (AvgIpc) is 2.72. The first-order chi connectivity index (χ1) is 9.34. The van der Waals surface area contributed by atoms with Gasteiger partial charge in [0.1, 0.15) is 11.9 Å². The largest absolute Gasteiger partial charge is 0.506 e. The van der Waals surface area contributed by atoms with E-state index in [2.05, 4.69) is 25.8 Å². The number of ether oxygens (including phenoxy) is 1. The van der Waals surface area contributed by atoms with Crippen molar-refractivity contribution in [1.82, 2.24) is 4.98 Å². The second kappa shape index (κ2) is 4.21. The summed E-state index contributed by atoms with van der Waals surface area (Å²) in [7, 11) is 0. The number of aromatic nitrogens is 1. The summed E-state index contributed by atoms with van der Waals surface area (Å²) in [6, 6.07) is 1.40. The van der Waals surface area contributed by atoms with Crippen LogP contribution in [0.3, 0.4) is 0 Å². The summed E-state index contributed by atoms with van der Waals surface area (Å²) in [6.45, 7) is 6.81. The number of hydrogen-bond donors (Lipinski definition) is 1. The van der Waals surface area contributed by atoms with Crippen molar-refractivity contribution in [3.63, 3.8) is 0 Å². The van der Waals surface area contributed by atoms with Crippen LogP contribution in [0.5, 0.6) is 5.75 Å². The summed E-state index contributed by atoms with van der Waals surface area (Å²) in [6.07, 6.45) is 5.99. The molecule has 1 aromatic rings. The molecule has 0 amide bonds. The number of aromatic hydroxyl groups is 1. The first-order valence-electron chi connectivity index (χ1n) is 7.19. The molecular formula is C16H21NO3. The number of pyridine rings is 1. The fourth-order valence-corrected chi connectivity index (χ4v) is 4.05. The van der Waals surface area contributed by atoms with Crippen molar-refractivity contribution in [2.24, 2.45) is 16.7 Å². The number of nitrogens with zero attached hydrogens (tertiary/aromatic N) is 1. The van der Waals surface area contributed by atoms with Crippen molar-refractivity contribution >= 4 is 5.97 Å². The third kappa shape index (κ3) is 1.74. The van der Waals surface area contributed by atoms with Gasteiger partial charge in [0.15, 0.2) is 0 Å². The van der Waals surface area contributed by atoms with Crippen LogP contribution in [-0.2, 0) is 4.74 Å². The molecule has 0 saturated heterocycles. The average molecular weight is 275 g/mol. The molecule has 3 unspecified atom stereocenters. The molecule has 2 fully saturated rings. The predicted molar refractivity (Wildman–Crippen MR) is 74.3 cm³/mol. The maximum atomic E-state index is 12.2. The van der Waals surface area contributed by atoms with Gasteiger partial charge in [-0.1, -0.05) is 20.8 Å². The van der Waals surface area contributed by atoms with E-state index in [4.69, 9.17) is 4.74 Å². The zero-order valence-electron chi connectivity index (χ0n) is 12.2. The van der Waals surface area contributed by atoms with E-state index in [0.717, 1.165) is 12.8 Å². The van der Waals surface area contributed by atoms with Gasteiger partial charge in [0.05, 0.1) is 11.8 Å². The Morgan fingerprint density at radius 1 is 1.40 bits per heavy atom. The molecule has 2 saturated carbocycles. The van der Waals surface area contributed by atoms with Gasteiger partial charge in [0.25, 0.3) is 0 Å². The van der Waals surface area contributed by atoms with E-state index < -0.39 is 0 Å². The van der Waals surface area contributed by atoms with E-state index >= 15 is 0 Å². The van der Waals surface area contributed by atoms with E-state index in [1.54, 1.807) is 0 Å². The van der Waals surface area contributed by atoms with Crippen LogP contribution >= 0.6 is 0 Å². The van der Waals surface area contributed by atoms with Gasteiger partial charge in [-0.25, -0.2) is 4.79 Å². The number of esters is 1. The summed E-state index contributed by atoms with van der Waals surface area (Å²) < 4.78 is 5.73. The highest BCUT2D eigenvalue weighted by molar-refractivity contribution is 5.89. The van der Waals surface area contributed by atoms with Crippen molar-refractivity contribution < 1.29 is 14.6 Å². The van der Waals surface area contributed by atoms with Gasteiger partial charge in [-0.15, -0.1) is 0 Å². The van der Waals surface area contributed by atoms with Gasteiger partial charge >= 0.3 is 5.97 Å². The van der Waals surface area contributed by atoms with Crippen LogP contribution in [0.2, 0.25) is 0 Å². The molecule has 2 aliphatic carbocycles. The Bertz CT molecular complexity index is 554. The summed E-state index contributed by atoms with van der Waals surface area (Å²) >= 11 is 0. The van der Waals surface area contributed by atoms with E-state index in [1.807, 2.05) is 0 Å². The van der Waals surface area contributed by atoms with Crippen molar-refractivity contribution in [2.45, 2.75) is 46.1 Å². The van der Waals surface area contributed by atoms with E-state index in [9.17, 15) is 9.90 Å². The van der Waals surface area contributed by atoms with Crippen molar-refractivity contribution in [3.05, 3.63) is 24.0 Å². The normalized spacial score (nSPS) is 34.1. The zero-order valence-corrected chi connectivity index (χ0v) is 12.2. The third-order valence-corrected chi connectivity index (χ3v) is 5.92. The van der Waals surface area contributed by atoms with Gasteiger partial charge in [-0.2, -0.15) is 0 Å². The van der Waals surface area contributed by atoms with Gasteiger partial charge in [-0.3, -0.25) is 4.98 Å². The fourth-order valence-electron chi connectivity index (χ4n) is 4.05. The highest BCUT2D eigenvalue weighted by atomic mass is 16.5. The van der Waals surface area contributed by atoms with Gasteiger partial charge < -0.3 is 9.84 Å². The SMILES string of the molecule is CC1(C)C2CCC1(C)C(OC(=O)c1cncc(O)c1)C2. The minimum absolute atomic E-state index is 0.0149. The Balaban J connectivity index is 1.78. The lowest BCUT2D eigenvalue weighted by Gasteiger charge is -2.38. The lowest BCUT2D eigenvalue weighted by atomic mass is 9.70. The lowest BCUT2D eigenvalue weighted by Crippen LogP contribution is -2.38. The standard InChI is InChI=1S/C16H21NO3/c1-15(2)11-4-5-16(15,3)13(7-11)20-14(19)10-6-12(18)9-17-8-10/h6,8-9,11,13,18H,4-5,7H2,1-3H3. The van der Waals surface area contributed by atoms with E-state index in [0.29, 0.717) is 11.5 Å². The number of rotatable bonds is 2. The Morgan fingerprint density at radius 3 is 2.70 bits per heavy atom. The molecule has 3 rings (SSSR count). The Kier molecular flexibility index (Phi) is 2.82. The van der Waals surface area contributed by atoms with Gasteiger partial charge in [-0.05, 0) is 36.7 Å².